The summed E-state index contributed by atoms with van der Waals surface area (Å²) in [5.74, 6) is 2.40. The highest BCUT2D eigenvalue weighted by atomic mass is 127. The molecule has 0 aliphatic carbocycles. The molecule has 2 rings (SSSR count). The van der Waals surface area contributed by atoms with E-state index in [-0.39, 0.29) is 24.0 Å². The second-order valence-electron chi connectivity index (χ2n) is 6.79. The van der Waals surface area contributed by atoms with Crippen LogP contribution in [0, 0.1) is 0 Å². The van der Waals surface area contributed by atoms with E-state index in [2.05, 4.69) is 28.5 Å². The Labute approximate surface area is 192 Å². The Morgan fingerprint density at radius 1 is 1.10 bits per heavy atom. The fraction of sp³-hybridized carbons (Fsp3) is 0.667. The predicted octanol–water partition coefficient (Wildman–Crippen LogP) is 2.53. The molecule has 2 N–H and O–H groups in total. The zero-order valence-electron chi connectivity index (χ0n) is 18.0. The number of hydrogen-bond donors (Lipinski definition) is 2. The van der Waals surface area contributed by atoms with Crippen LogP contribution in [0.4, 0.5) is 0 Å². The second-order valence-corrected chi connectivity index (χ2v) is 6.79. The van der Waals surface area contributed by atoms with Crippen LogP contribution >= 0.6 is 24.0 Å². The molecule has 0 radical (unpaired) electrons. The minimum absolute atomic E-state index is 0. The molecule has 166 valence electrons. The summed E-state index contributed by atoms with van der Waals surface area (Å²) in [5, 5.41) is 6.73. The van der Waals surface area contributed by atoms with Crippen molar-refractivity contribution in [1.29, 1.82) is 0 Å². The van der Waals surface area contributed by atoms with E-state index in [1.165, 1.54) is 12.0 Å². The summed E-state index contributed by atoms with van der Waals surface area (Å²) in [5.41, 5.74) is 1.20. The Balaban J connectivity index is 0.00000420. The van der Waals surface area contributed by atoms with Crippen molar-refractivity contribution in [2.75, 3.05) is 66.7 Å². The molecule has 0 saturated carbocycles. The van der Waals surface area contributed by atoms with E-state index in [1.54, 1.807) is 14.2 Å². The number of nitrogens with one attached hydrogen (secondary N) is 2. The van der Waals surface area contributed by atoms with Gasteiger partial charge in [-0.2, -0.15) is 0 Å². The normalized spacial score (nSPS) is 14.8. The van der Waals surface area contributed by atoms with Crippen LogP contribution in [0.1, 0.15) is 25.3 Å². The number of halogens is 1. The molecule has 0 atom stereocenters. The Morgan fingerprint density at radius 2 is 1.86 bits per heavy atom. The summed E-state index contributed by atoms with van der Waals surface area (Å²) >= 11 is 0. The van der Waals surface area contributed by atoms with Crippen molar-refractivity contribution >= 4 is 29.9 Å². The highest BCUT2D eigenvalue weighted by Crippen LogP contribution is 2.27. The van der Waals surface area contributed by atoms with Crippen molar-refractivity contribution in [1.82, 2.24) is 15.5 Å². The minimum atomic E-state index is 0. The van der Waals surface area contributed by atoms with Crippen molar-refractivity contribution in [2.24, 2.45) is 4.99 Å². The summed E-state index contributed by atoms with van der Waals surface area (Å²) in [6.45, 7) is 9.60. The lowest BCUT2D eigenvalue weighted by molar-refractivity contribution is 0.0373. The van der Waals surface area contributed by atoms with E-state index >= 15 is 0 Å². The number of unbranched alkanes of at least 4 members (excludes halogenated alkanes) is 1. The van der Waals surface area contributed by atoms with Crippen LogP contribution in [0.5, 0.6) is 11.5 Å². The van der Waals surface area contributed by atoms with Gasteiger partial charge in [-0.3, -0.25) is 9.89 Å². The van der Waals surface area contributed by atoms with E-state index in [9.17, 15) is 0 Å². The van der Waals surface area contributed by atoms with E-state index in [4.69, 9.17) is 19.2 Å². The number of benzene rings is 1. The van der Waals surface area contributed by atoms with Crippen LogP contribution < -0.4 is 20.1 Å². The lowest BCUT2D eigenvalue weighted by Crippen LogP contribution is -2.38. The molecule has 1 aromatic rings. The van der Waals surface area contributed by atoms with Gasteiger partial charge in [0.1, 0.15) is 0 Å². The molecule has 29 heavy (non-hydrogen) atoms. The topological polar surface area (TPSA) is 67.4 Å². The van der Waals surface area contributed by atoms with Gasteiger partial charge in [-0.15, -0.1) is 24.0 Å². The van der Waals surface area contributed by atoms with Crippen molar-refractivity contribution in [3.05, 3.63) is 23.8 Å². The Kier molecular flexibility index (Phi) is 13.8. The Morgan fingerprint density at radius 3 is 2.55 bits per heavy atom. The monoisotopic (exact) mass is 520 g/mol. The molecule has 0 aromatic heterocycles. The van der Waals surface area contributed by atoms with Crippen LogP contribution in [0.15, 0.2) is 23.2 Å². The number of nitrogens with zero attached hydrogens (tertiary/aromatic N) is 2. The number of hydrogen-bond acceptors (Lipinski definition) is 5. The maximum atomic E-state index is 5.39. The van der Waals surface area contributed by atoms with Gasteiger partial charge in [0.05, 0.1) is 27.4 Å². The third kappa shape index (κ3) is 9.86. The molecule has 1 aliphatic heterocycles. The number of aliphatic imine (C=N–C) groups is 1. The molecule has 1 aromatic carbocycles. The highest BCUT2D eigenvalue weighted by molar-refractivity contribution is 14.0. The molecule has 7 nitrogen and oxygen atoms in total. The standard InChI is InChI=1S/C21H36N4O3.HI/c1-4-22-21(23-10-5-6-12-25-13-15-28-16-14-25)24-11-9-18-7-8-19(26-2)20(17-18)27-3;/h7-8,17H,4-6,9-16H2,1-3H3,(H2,22,23,24);1H. The van der Waals surface area contributed by atoms with Crippen molar-refractivity contribution < 1.29 is 14.2 Å². The quantitative estimate of drug-likeness (QED) is 0.202. The number of guanidine groups is 1. The molecule has 1 heterocycles. The molecular formula is C21H37IN4O3. The smallest absolute Gasteiger partial charge is 0.191 e. The van der Waals surface area contributed by atoms with Gasteiger partial charge >= 0.3 is 0 Å². The highest BCUT2D eigenvalue weighted by Gasteiger charge is 2.09. The van der Waals surface area contributed by atoms with Gasteiger partial charge in [0, 0.05) is 32.7 Å². The largest absolute Gasteiger partial charge is 0.493 e. The SMILES string of the molecule is CCNC(=NCCCCN1CCOCC1)NCCc1ccc(OC)c(OC)c1.I. The summed E-state index contributed by atoms with van der Waals surface area (Å²) in [4.78, 5) is 7.17. The number of rotatable bonds is 11. The maximum absolute atomic E-state index is 5.39. The molecule has 0 unspecified atom stereocenters. The van der Waals surface area contributed by atoms with Crippen molar-refractivity contribution in [3.8, 4) is 11.5 Å². The van der Waals surface area contributed by atoms with Gasteiger partial charge in [-0.1, -0.05) is 6.07 Å². The fourth-order valence-corrected chi connectivity index (χ4v) is 3.17. The number of methoxy groups -OCH3 is 2. The Bertz CT molecular complexity index is 595. The molecule has 1 saturated heterocycles. The third-order valence-corrected chi connectivity index (χ3v) is 4.75. The summed E-state index contributed by atoms with van der Waals surface area (Å²) in [6.07, 6.45) is 3.17. The third-order valence-electron chi connectivity index (χ3n) is 4.75. The maximum Gasteiger partial charge on any atom is 0.191 e. The van der Waals surface area contributed by atoms with Gasteiger partial charge in [0.25, 0.3) is 0 Å². The van der Waals surface area contributed by atoms with E-state index in [1.807, 2.05) is 12.1 Å². The first-order valence-electron chi connectivity index (χ1n) is 10.3. The summed E-state index contributed by atoms with van der Waals surface area (Å²) in [7, 11) is 3.31. The first-order valence-corrected chi connectivity index (χ1v) is 10.3. The minimum Gasteiger partial charge on any atom is -0.493 e. The molecular weight excluding hydrogens is 483 g/mol. The van der Waals surface area contributed by atoms with Gasteiger partial charge in [-0.05, 0) is 50.4 Å². The van der Waals surface area contributed by atoms with Gasteiger partial charge in [-0.25, -0.2) is 0 Å². The van der Waals surface area contributed by atoms with Crippen LogP contribution in [-0.4, -0.2) is 77.6 Å². The fourth-order valence-electron chi connectivity index (χ4n) is 3.17. The lowest BCUT2D eigenvalue weighted by Gasteiger charge is -2.26. The van der Waals surface area contributed by atoms with Crippen LogP contribution in [0.2, 0.25) is 0 Å². The van der Waals surface area contributed by atoms with E-state index in [0.717, 1.165) is 82.8 Å². The average Bonchev–Trinajstić information content (AvgIpc) is 2.74. The first-order chi connectivity index (χ1) is 13.8. The van der Waals surface area contributed by atoms with E-state index < -0.39 is 0 Å². The van der Waals surface area contributed by atoms with Gasteiger partial charge < -0.3 is 24.8 Å². The van der Waals surface area contributed by atoms with Crippen LogP contribution in [0.3, 0.4) is 0 Å². The number of morpholine rings is 1. The number of ether oxygens (including phenoxy) is 3. The summed E-state index contributed by atoms with van der Waals surface area (Å²) < 4.78 is 16.0. The molecule has 0 amide bonds. The van der Waals surface area contributed by atoms with Gasteiger partial charge in [0.15, 0.2) is 17.5 Å². The molecule has 0 bridgehead atoms. The zero-order valence-corrected chi connectivity index (χ0v) is 20.4. The van der Waals surface area contributed by atoms with E-state index in [0.29, 0.717) is 0 Å². The van der Waals surface area contributed by atoms with Gasteiger partial charge in [0.2, 0.25) is 0 Å². The Hall–Kier alpha value is -1.26. The molecule has 8 heteroatoms. The summed E-state index contributed by atoms with van der Waals surface area (Å²) in [6, 6.07) is 6.04. The molecule has 1 fully saturated rings. The van der Waals surface area contributed by atoms with Crippen molar-refractivity contribution in [3.63, 3.8) is 0 Å². The average molecular weight is 520 g/mol. The van der Waals surface area contributed by atoms with Crippen molar-refractivity contribution in [2.45, 2.75) is 26.2 Å². The predicted molar refractivity (Wildman–Crippen MR) is 129 cm³/mol. The molecule has 0 spiro atoms. The first kappa shape index (κ1) is 25.8. The zero-order chi connectivity index (χ0) is 20.0. The second kappa shape index (κ2) is 15.6. The lowest BCUT2D eigenvalue weighted by atomic mass is 10.1. The van der Waals surface area contributed by atoms with Crippen LogP contribution in [0.25, 0.3) is 0 Å². The molecule has 1 aliphatic rings. The van der Waals surface area contributed by atoms with Crippen LogP contribution in [-0.2, 0) is 11.2 Å².